The lowest BCUT2D eigenvalue weighted by molar-refractivity contribution is 0.0855. The van der Waals surface area contributed by atoms with Crippen LogP contribution in [0.25, 0.3) is 0 Å². The zero-order valence-electron chi connectivity index (χ0n) is 16.5. The Morgan fingerprint density at radius 1 is 1.14 bits per heavy atom. The van der Waals surface area contributed by atoms with Crippen molar-refractivity contribution in [3.63, 3.8) is 0 Å². The summed E-state index contributed by atoms with van der Waals surface area (Å²) in [6.45, 7) is 7.61. The Kier molecular flexibility index (Phi) is 7.01. The van der Waals surface area contributed by atoms with E-state index in [0.29, 0.717) is 12.1 Å². The highest BCUT2D eigenvalue weighted by Crippen LogP contribution is 2.24. The maximum Gasteiger partial charge on any atom is 0.251 e. The number of amides is 1. The molecule has 1 saturated heterocycles. The van der Waals surface area contributed by atoms with E-state index in [0.717, 1.165) is 44.0 Å². The summed E-state index contributed by atoms with van der Waals surface area (Å²) in [5.41, 5.74) is 1.47. The van der Waals surface area contributed by atoms with Crippen molar-refractivity contribution in [2.24, 2.45) is 0 Å². The number of piperazine rings is 1. The third-order valence-corrected chi connectivity index (χ3v) is 5.34. The predicted octanol–water partition coefficient (Wildman–Crippen LogP) is 2.94. The summed E-state index contributed by atoms with van der Waals surface area (Å²) < 4.78 is 18.7. The van der Waals surface area contributed by atoms with E-state index < -0.39 is 5.82 Å². The van der Waals surface area contributed by atoms with Crippen LogP contribution < -0.4 is 10.1 Å². The molecule has 1 atom stereocenters. The molecule has 150 valence electrons. The molecule has 1 amide bonds. The highest BCUT2D eigenvalue weighted by Gasteiger charge is 2.25. The van der Waals surface area contributed by atoms with Gasteiger partial charge in [0.1, 0.15) is 11.6 Å². The van der Waals surface area contributed by atoms with Crippen molar-refractivity contribution in [3.8, 4) is 5.75 Å². The minimum Gasteiger partial charge on any atom is -0.497 e. The molecule has 1 aliphatic rings. The predicted molar refractivity (Wildman–Crippen MR) is 108 cm³/mol. The Balaban J connectivity index is 1.72. The molecule has 3 rings (SSSR count). The van der Waals surface area contributed by atoms with Gasteiger partial charge < -0.3 is 15.0 Å². The Morgan fingerprint density at radius 2 is 1.86 bits per heavy atom. The fourth-order valence-electron chi connectivity index (χ4n) is 3.60. The van der Waals surface area contributed by atoms with Gasteiger partial charge >= 0.3 is 0 Å². The van der Waals surface area contributed by atoms with Gasteiger partial charge in [-0.25, -0.2) is 4.39 Å². The number of ether oxygens (including phenoxy) is 1. The van der Waals surface area contributed by atoms with Gasteiger partial charge in [0, 0.05) is 38.3 Å². The van der Waals surface area contributed by atoms with E-state index in [1.165, 1.54) is 12.1 Å². The zero-order chi connectivity index (χ0) is 19.9. The largest absolute Gasteiger partial charge is 0.497 e. The fourth-order valence-corrected chi connectivity index (χ4v) is 3.60. The van der Waals surface area contributed by atoms with E-state index in [1.807, 2.05) is 24.3 Å². The van der Waals surface area contributed by atoms with Gasteiger partial charge in [-0.05, 0) is 42.4 Å². The lowest BCUT2D eigenvalue weighted by atomic mass is 10.0. The molecule has 1 fully saturated rings. The quantitative estimate of drug-likeness (QED) is 0.796. The van der Waals surface area contributed by atoms with Gasteiger partial charge in [-0.2, -0.15) is 0 Å². The summed E-state index contributed by atoms with van der Waals surface area (Å²) in [5, 5.41) is 2.98. The van der Waals surface area contributed by atoms with Crippen molar-refractivity contribution < 1.29 is 13.9 Å². The third kappa shape index (κ3) is 5.09. The number of nitrogens with one attached hydrogen (secondary N) is 1. The number of carbonyl (C=O) groups is 1. The van der Waals surface area contributed by atoms with E-state index in [4.69, 9.17) is 4.74 Å². The second-order valence-corrected chi connectivity index (χ2v) is 6.98. The highest BCUT2D eigenvalue weighted by molar-refractivity contribution is 5.94. The van der Waals surface area contributed by atoms with E-state index in [-0.39, 0.29) is 11.9 Å². The summed E-state index contributed by atoms with van der Waals surface area (Å²) in [5.74, 6) is 0.141. The summed E-state index contributed by atoms with van der Waals surface area (Å²) in [7, 11) is 1.65. The van der Waals surface area contributed by atoms with Crippen LogP contribution in [0.2, 0.25) is 0 Å². The molecular formula is C22H28FN3O2. The van der Waals surface area contributed by atoms with Crippen molar-refractivity contribution in [2.75, 3.05) is 46.4 Å². The number of nitrogens with zero attached hydrogens (tertiary/aromatic N) is 2. The molecule has 6 heteroatoms. The van der Waals surface area contributed by atoms with Gasteiger partial charge in [0.05, 0.1) is 13.2 Å². The minimum absolute atomic E-state index is 0.0578. The highest BCUT2D eigenvalue weighted by atomic mass is 19.1. The topological polar surface area (TPSA) is 44.8 Å². The van der Waals surface area contributed by atoms with Crippen molar-refractivity contribution >= 4 is 5.91 Å². The molecule has 0 radical (unpaired) electrons. The first kappa shape index (κ1) is 20.3. The van der Waals surface area contributed by atoms with Gasteiger partial charge in [-0.3, -0.25) is 9.69 Å². The van der Waals surface area contributed by atoms with Crippen LogP contribution in [0, 0.1) is 5.82 Å². The van der Waals surface area contributed by atoms with Crippen molar-refractivity contribution in [2.45, 2.75) is 13.0 Å². The molecule has 28 heavy (non-hydrogen) atoms. The number of hydrogen-bond donors (Lipinski definition) is 1. The van der Waals surface area contributed by atoms with Crippen molar-refractivity contribution in [1.82, 2.24) is 15.1 Å². The number of benzene rings is 2. The number of hydrogen-bond acceptors (Lipinski definition) is 4. The van der Waals surface area contributed by atoms with Gasteiger partial charge in [0.15, 0.2) is 0 Å². The van der Waals surface area contributed by atoms with Crippen LogP contribution in [-0.2, 0) is 0 Å². The van der Waals surface area contributed by atoms with Gasteiger partial charge in [0.2, 0.25) is 0 Å². The normalized spacial score (nSPS) is 16.5. The summed E-state index contributed by atoms with van der Waals surface area (Å²) in [6.07, 6.45) is 0. The monoisotopic (exact) mass is 385 g/mol. The first-order chi connectivity index (χ1) is 13.6. The average molecular weight is 385 g/mol. The Hall–Kier alpha value is -2.44. The zero-order valence-corrected chi connectivity index (χ0v) is 16.5. The van der Waals surface area contributed by atoms with Crippen LogP contribution in [0.1, 0.15) is 28.9 Å². The molecule has 1 N–H and O–H groups in total. The molecule has 2 aromatic rings. The van der Waals surface area contributed by atoms with Crippen molar-refractivity contribution in [3.05, 3.63) is 65.5 Å². The van der Waals surface area contributed by atoms with Gasteiger partial charge in [-0.15, -0.1) is 0 Å². The van der Waals surface area contributed by atoms with Crippen LogP contribution in [0.3, 0.4) is 0 Å². The van der Waals surface area contributed by atoms with Gasteiger partial charge in [-0.1, -0.05) is 25.1 Å². The molecule has 0 spiro atoms. The third-order valence-electron chi connectivity index (χ3n) is 5.34. The summed E-state index contributed by atoms with van der Waals surface area (Å²) >= 11 is 0. The molecular weight excluding hydrogens is 357 g/mol. The van der Waals surface area contributed by atoms with Crippen LogP contribution in [0.15, 0.2) is 48.5 Å². The molecule has 2 aromatic carbocycles. The van der Waals surface area contributed by atoms with E-state index >= 15 is 0 Å². The first-order valence-corrected chi connectivity index (χ1v) is 9.75. The first-order valence-electron chi connectivity index (χ1n) is 9.75. The molecule has 1 aliphatic heterocycles. The van der Waals surface area contributed by atoms with Crippen molar-refractivity contribution in [1.29, 1.82) is 0 Å². The van der Waals surface area contributed by atoms with E-state index in [9.17, 15) is 9.18 Å². The molecule has 0 saturated carbocycles. The molecule has 0 aromatic heterocycles. The fraction of sp³-hybridized carbons (Fsp3) is 0.409. The molecule has 5 nitrogen and oxygen atoms in total. The summed E-state index contributed by atoms with van der Waals surface area (Å²) in [4.78, 5) is 17.3. The Bertz CT molecular complexity index is 774. The standard InChI is InChI=1S/C22H28FN3O2/c1-3-25-11-13-26(14-12-25)21(17-7-9-20(28-2)10-8-17)16-24-22(27)18-5-4-6-19(23)15-18/h4-10,15,21H,3,11-14,16H2,1-2H3,(H,24,27). The SMILES string of the molecule is CCN1CCN(C(CNC(=O)c2cccc(F)c2)c2ccc(OC)cc2)CC1. The minimum atomic E-state index is -0.407. The van der Waals surface area contributed by atoms with Crippen LogP contribution in [-0.4, -0.2) is 62.1 Å². The van der Waals surface area contributed by atoms with E-state index in [1.54, 1.807) is 19.2 Å². The van der Waals surface area contributed by atoms with Crippen LogP contribution in [0.5, 0.6) is 5.75 Å². The maximum atomic E-state index is 13.4. The van der Waals surface area contributed by atoms with Crippen LogP contribution >= 0.6 is 0 Å². The Morgan fingerprint density at radius 3 is 2.46 bits per heavy atom. The Labute approximate surface area is 166 Å². The second kappa shape index (κ2) is 9.66. The molecule has 0 aliphatic carbocycles. The second-order valence-electron chi connectivity index (χ2n) is 6.98. The summed E-state index contributed by atoms with van der Waals surface area (Å²) in [6, 6.07) is 13.8. The number of rotatable bonds is 7. The number of methoxy groups -OCH3 is 1. The molecule has 0 bridgehead atoms. The molecule has 1 unspecified atom stereocenters. The van der Waals surface area contributed by atoms with Gasteiger partial charge in [0.25, 0.3) is 5.91 Å². The number of likely N-dealkylation sites (N-methyl/N-ethyl adjacent to an activating group) is 1. The average Bonchev–Trinajstić information content (AvgIpc) is 2.74. The number of halogens is 1. The lowest BCUT2D eigenvalue weighted by Gasteiger charge is -2.39. The maximum absolute atomic E-state index is 13.4. The van der Waals surface area contributed by atoms with E-state index in [2.05, 4.69) is 22.0 Å². The van der Waals surface area contributed by atoms with Crippen LogP contribution in [0.4, 0.5) is 4.39 Å². The smallest absolute Gasteiger partial charge is 0.251 e. The molecule has 1 heterocycles. The number of carbonyl (C=O) groups excluding carboxylic acids is 1. The lowest BCUT2D eigenvalue weighted by Crippen LogP contribution is -2.49.